The van der Waals surface area contributed by atoms with Gasteiger partial charge in [0, 0.05) is 31.0 Å². The monoisotopic (exact) mass is 424 g/mol. The van der Waals surface area contributed by atoms with E-state index in [2.05, 4.69) is 0 Å². The van der Waals surface area contributed by atoms with Crippen molar-refractivity contribution in [3.8, 4) is 0 Å². The van der Waals surface area contributed by atoms with Crippen molar-refractivity contribution in [1.82, 2.24) is 14.3 Å². The van der Waals surface area contributed by atoms with Gasteiger partial charge in [-0.3, -0.25) is 9.59 Å². The van der Waals surface area contributed by atoms with Gasteiger partial charge >= 0.3 is 0 Å². The highest BCUT2D eigenvalue weighted by atomic mass is 16.2. The predicted molar refractivity (Wildman–Crippen MR) is 124 cm³/mol. The number of aromatic nitrogens is 2. The Balaban J connectivity index is 1.54. The molecule has 2 amide bonds. The molecule has 0 bridgehead atoms. The Hall–Kier alpha value is -3.93. The highest BCUT2D eigenvalue weighted by Gasteiger charge is 2.35. The number of pyridine rings is 1. The van der Waals surface area contributed by atoms with Crippen LogP contribution in [-0.2, 0) is 0 Å². The number of para-hydroxylation sites is 1. The third kappa shape index (κ3) is 3.43. The maximum absolute atomic E-state index is 13.4. The van der Waals surface area contributed by atoms with Crippen LogP contribution in [-0.4, -0.2) is 39.7 Å². The van der Waals surface area contributed by atoms with Gasteiger partial charge in [-0.2, -0.15) is 0 Å². The Bertz CT molecular complexity index is 1270. The van der Waals surface area contributed by atoms with Crippen LogP contribution in [0.25, 0.3) is 5.52 Å². The van der Waals surface area contributed by atoms with Crippen LogP contribution < -0.4 is 4.90 Å². The summed E-state index contributed by atoms with van der Waals surface area (Å²) >= 11 is 0. The van der Waals surface area contributed by atoms with Gasteiger partial charge in [-0.05, 0) is 49.2 Å². The van der Waals surface area contributed by atoms with E-state index in [1.807, 2.05) is 94.4 Å². The topological polar surface area (TPSA) is 57.9 Å². The van der Waals surface area contributed by atoms with Crippen molar-refractivity contribution in [1.29, 1.82) is 0 Å². The number of imidazole rings is 1. The Morgan fingerprint density at radius 3 is 2.38 bits per heavy atom. The summed E-state index contributed by atoms with van der Waals surface area (Å²) in [5, 5.41) is 0. The van der Waals surface area contributed by atoms with Crippen molar-refractivity contribution < 1.29 is 9.59 Å². The molecule has 0 N–H and O–H groups in total. The summed E-state index contributed by atoms with van der Waals surface area (Å²) in [6.07, 6.45) is 3.63. The molecule has 1 fully saturated rings. The Labute approximate surface area is 186 Å². The van der Waals surface area contributed by atoms with Crippen molar-refractivity contribution in [2.24, 2.45) is 0 Å². The number of amides is 2. The van der Waals surface area contributed by atoms with E-state index < -0.39 is 0 Å². The van der Waals surface area contributed by atoms with E-state index in [-0.39, 0.29) is 17.9 Å². The largest absolute Gasteiger partial charge is 0.328 e. The molecule has 3 heterocycles. The van der Waals surface area contributed by atoms with Crippen LogP contribution in [0.3, 0.4) is 0 Å². The molecule has 160 valence electrons. The normalized spacial score (nSPS) is 15.8. The number of anilines is 1. The summed E-state index contributed by atoms with van der Waals surface area (Å²) < 4.78 is 1.95. The molecule has 6 nitrogen and oxygen atoms in total. The Morgan fingerprint density at radius 2 is 1.62 bits per heavy atom. The lowest BCUT2D eigenvalue weighted by molar-refractivity contribution is 0.0729. The zero-order valence-electron chi connectivity index (χ0n) is 17.9. The lowest BCUT2D eigenvalue weighted by Crippen LogP contribution is -2.31. The second-order valence-electron chi connectivity index (χ2n) is 8.00. The summed E-state index contributed by atoms with van der Waals surface area (Å²) in [5.41, 5.74) is 2.61. The molecule has 32 heavy (non-hydrogen) atoms. The molecule has 1 aliphatic heterocycles. The lowest BCUT2D eigenvalue weighted by Gasteiger charge is -2.24. The number of carbonyl (C=O) groups excluding carboxylic acids is 2. The molecule has 6 heteroatoms. The zero-order chi connectivity index (χ0) is 22.1. The van der Waals surface area contributed by atoms with Gasteiger partial charge in [0.1, 0.15) is 5.82 Å². The van der Waals surface area contributed by atoms with Gasteiger partial charge in [-0.25, -0.2) is 4.98 Å². The molecule has 0 spiro atoms. The minimum absolute atomic E-state index is 0.00457. The van der Waals surface area contributed by atoms with E-state index in [0.717, 1.165) is 29.9 Å². The Kier molecular flexibility index (Phi) is 5.19. The number of nitrogens with zero attached hydrogens (tertiary/aromatic N) is 4. The van der Waals surface area contributed by atoms with Crippen LogP contribution in [0.4, 0.5) is 5.69 Å². The van der Waals surface area contributed by atoms with Crippen molar-refractivity contribution in [2.45, 2.75) is 18.9 Å². The van der Waals surface area contributed by atoms with Crippen LogP contribution in [0.2, 0.25) is 0 Å². The molecule has 2 aromatic carbocycles. The lowest BCUT2D eigenvalue weighted by atomic mass is 10.1. The van der Waals surface area contributed by atoms with E-state index in [1.165, 1.54) is 0 Å². The molecular formula is C26H24N4O2. The summed E-state index contributed by atoms with van der Waals surface area (Å²) in [6.45, 7) is 0.674. The first-order valence-electron chi connectivity index (χ1n) is 10.8. The van der Waals surface area contributed by atoms with Crippen molar-refractivity contribution in [3.63, 3.8) is 0 Å². The molecule has 0 radical (unpaired) electrons. The molecule has 5 rings (SSSR count). The maximum atomic E-state index is 13.4. The van der Waals surface area contributed by atoms with Crippen molar-refractivity contribution in [2.75, 3.05) is 18.5 Å². The van der Waals surface area contributed by atoms with E-state index in [9.17, 15) is 9.59 Å². The molecule has 4 aromatic rings. The summed E-state index contributed by atoms with van der Waals surface area (Å²) in [6, 6.07) is 24.4. The first-order chi connectivity index (χ1) is 15.6. The van der Waals surface area contributed by atoms with Crippen LogP contribution >= 0.6 is 0 Å². The first-order valence-corrected chi connectivity index (χ1v) is 10.8. The fourth-order valence-electron chi connectivity index (χ4n) is 4.41. The van der Waals surface area contributed by atoms with E-state index in [4.69, 9.17) is 4.98 Å². The standard InChI is InChI=1S/C26H24N4O2/c1-28(20-13-6-3-7-14-20)26(32)23-21-15-8-9-17-29(21)24(27-23)22-16-10-18-30(22)25(31)19-11-4-2-5-12-19/h2-9,11-15,17,22H,10,16,18H2,1H3. The van der Waals surface area contributed by atoms with E-state index in [1.54, 1.807) is 11.9 Å². The van der Waals surface area contributed by atoms with Crippen LogP contribution in [0.1, 0.15) is 45.6 Å². The SMILES string of the molecule is CN(C(=O)c1nc(C2CCCN2C(=O)c2ccccc2)n2ccccc12)c1ccccc1. The number of rotatable bonds is 4. The minimum atomic E-state index is -0.179. The minimum Gasteiger partial charge on any atom is -0.328 e. The van der Waals surface area contributed by atoms with Crippen molar-refractivity contribution in [3.05, 3.63) is 102 Å². The Morgan fingerprint density at radius 1 is 0.938 bits per heavy atom. The second-order valence-corrected chi connectivity index (χ2v) is 8.00. The van der Waals surface area contributed by atoms with Gasteiger partial charge in [-0.1, -0.05) is 42.5 Å². The third-order valence-electron chi connectivity index (χ3n) is 6.06. The highest BCUT2D eigenvalue weighted by molar-refractivity contribution is 6.08. The van der Waals surface area contributed by atoms with Crippen molar-refractivity contribution >= 4 is 23.0 Å². The quantitative estimate of drug-likeness (QED) is 0.482. The fourth-order valence-corrected chi connectivity index (χ4v) is 4.41. The second kappa shape index (κ2) is 8.30. The van der Waals surface area contributed by atoms with Gasteiger partial charge in [0.25, 0.3) is 11.8 Å². The summed E-state index contributed by atoms with van der Waals surface area (Å²) in [5.74, 6) is 0.548. The van der Waals surface area contributed by atoms with Gasteiger partial charge in [-0.15, -0.1) is 0 Å². The molecule has 0 saturated carbocycles. The molecule has 1 unspecified atom stereocenters. The molecule has 2 aromatic heterocycles. The number of likely N-dealkylation sites (tertiary alicyclic amines) is 1. The third-order valence-corrected chi connectivity index (χ3v) is 6.06. The fraction of sp³-hybridized carbons (Fsp3) is 0.192. The van der Waals surface area contributed by atoms with Crippen LogP contribution in [0.15, 0.2) is 85.1 Å². The average molecular weight is 425 g/mol. The number of benzene rings is 2. The average Bonchev–Trinajstić information content (AvgIpc) is 3.49. The number of carbonyl (C=O) groups is 2. The summed E-state index contributed by atoms with van der Waals surface area (Å²) in [4.78, 5) is 34.9. The number of hydrogen-bond donors (Lipinski definition) is 0. The summed E-state index contributed by atoms with van der Waals surface area (Å²) in [7, 11) is 1.76. The van der Waals surface area contributed by atoms with Gasteiger partial charge in [0.2, 0.25) is 0 Å². The number of fused-ring (bicyclic) bond motifs is 1. The molecule has 1 aliphatic rings. The molecule has 1 atom stereocenters. The van der Waals surface area contributed by atoms with E-state index >= 15 is 0 Å². The van der Waals surface area contributed by atoms with Crippen LogP contribution in [0.5, 0.6) is 0 Å². The number of hydrogen-bond acceptors (Lipinski definition) is 3. The first kappa shape index (κ1) is 20.0. The van der Waals surface area contributed by atoms with Gasteiger partial charge < -0.3 is 14.2 Å². The maximum Gasteiger partial charge on any atom is 0.278 e. The van der Waals surface area contributed by atoms with Gasteiger partial charge in [0.15, 0.2) is 5.69 Å². The molecule has 0 aliphatic carbocycles. The van der Waals surface area contributed by atoms with E-state index in [0.29, 0.717) is 17.8 Å². The smallest absolute Gasteiger partial charge is 0.278 e. The van der Waals surface area contributed by atoms with Crippen LogP contribution in [0, 0.1) is 0 Å². The molecule has 1 saturated heterocycles. The zero-order valence-corrected chi connectivity index (χ0v) is 17.9. The van der Waals surface area contributed by atoms with Gasteiger partial charge in [0.05, 0.1) is 11.6 Å². The molecular weight excluding hydrogens is 400 g/mol. The highest BCUT2D eigenvalue weighted by Crippen LogP contribution is 2.34. The predicted octanol–water partition coefficient (Wildman–Crippen LogP) is 4.59.